The van der Waals surface area contributed by atoms with Gasteiger partial charge in [-0.15, -0.1) is 0 Å². The summed E-state index contributed by atoms with van der Waals surface area (Å²) in [6.07, 6.45) is 1.59. The molecule has 0 spiro atoms. The third kappa shape index (κ3) is 2.87. The van der Waals surface area contributed by atoms with E-state index in [0.717, 1.165) is 11.3 Å². The Morgan fingerprint density at radius 2 is 2.08 bits per heavy atom. The first-order valence-corrected chi connectivity index (χ1v) is 8.08. The number of fused-ring (bicyclic) bond motifs is 2. The van der Waals surface area contributed by atoms with Gasteiger partial charge in [0.25, 0.3) is 0 Å². The molecule has 0 saturated heterocycles. The van der Waals surface area contributed by atoms with Crippen LogP contribution < -0.4 is 16.4 Å². The molecule has 4 rings (SSSR count). The Labute approximate surface area is 144 Å². The Balaban J connectivity index is 1.63. The van der Waals surface area contributed by atoms with Crippen molar-refractivity contribution in [2.24, 2.45) is 0 Å². The van der Waals surface area contributed by atoms with E-state index < -0.39 is 5.82 Å². The number of nitrogens with zero attached hydrogens (tertiary/aromatic N) is 1. The van der Waals surface area contributed by atoms with Crippen molar-refractivity contribution in [2.45, 2.75) is 12.3 Å². The monoisotopic (exact) mass is 336 g/mol. The van der Waals surface area contributed by atoms with Crippen molar-refractivity contribution >= 4 is 33.9 Å². The molecule has 0 radical (unpaired) electrons. The summed E-state index contributed by atoms with van der Waals surface area (Å²) >= 11 is 0. The summed E-state index contributed by atoms with van der Waals surface area (Å²) in [5, 5.41) is 7.25. The fourth-order valence-electron chi connectivity index (χ4n) is 3.27. The van der Waals surface area contributed by atoms with E-state index in [1.165, 1.54) is 6.20 Å². The predicted molar refractivity (Wildman–Crippen MR) is 97.0 cm³/mol. The molecule has 25 heavy (non-hydrogen) atoms. The second-order valence-corrected chi connectivity index (χ2v) is 6.18. The molecule has 2 aromatic carbocycles. The molecule has 126 valence electrons. The van der Waals surface area contributed by atoms with Crippen molar-refractivity contribution in [1.29, 1.82) is 0 Å². The first-order chi connectivity index (χ1) is 12.1. The number of aromatic nitrogens is 1. The minimum absolute atomic E-state index is 0.00445. The van der Waals surface area contributed by atoms with E-state index in [0.29, 0.717) is 35.2 Å². The highest BCUT2D eigenvalue weighted by atomic mass is 19.1. The fraction of sp³-hybridized carbons (Fsp3) is 0.158. The SMILES string of the molecule is Nc1ccc2c(NCC3CC(=O)Nc4ccccc43)ncc(F)c2c1. The quantitative estimate of drug-likeness (QED) is 0.640. The fourth-order valence-corrected chi connectivity index (χ4v) is 3.27. The molecule has 5 nitrogen and oxygen atoms in total. The summed E-state index contributed by atoms with van der Waals surface area (Å²) in [5.74, 6) is 0.200. The number of nitrogen functional groups attached to an aromatic ring is 1. The van der Waals surface area contributed by atoms with Crippen LogP contribution in [0.2, 0.25) is 0 Å². The van der Waals surface area contributed by atoms with Crippen LogP contribution in [0.1, 0.15) is 17.9 Å². The molecule has 1 aliphatic rings. The molecular weight excluding hydrogens is 319 g/mol. The number of benzene rings is 2. The van der Waals surface area contributed by atoms with Gasteiger partial charge in [0.05, 0.1) is 6.20 Å². The van der Waals surface area contributed by atoms with E-state index in [9.17, 15) is 9.18 Å². The average Bonchev–Trinajstić information content (AvgIpc) is 2.61. The maximum absolute atomic E-state index is 14.0. The van der Waals surface area contributed by atoms with Crippen molar-refractivity contribution < 1.29 is 9.18 Å². The zero-order valence-corrected chi connectivity index (χ0v) is 13.4. The number of carbonyl (C=O) groups is 1. The van der Waals surface area contributed by atoms with Gasteiger partial charge in [0, 0.05) is 41.0 Å². The van der Waals surface area contributed by atoms with Gasteiger partial charge in [-0.25, -0.2) is 9.37 Å². The Hall–Kier alpha value is -3.15. The molecule has 0 fully saturated rings. The summed E-state index contributed by atoms with van der Waals surface area (Å²) < 4.78 is 14.0. The van der Waals surface area contributed by atoms with Crippen molar-refractivity contribution in [3.8, 4) is 0 Å². The highest BCUT2D eigenvalue weighted by Crippen LogP contribution is 2.33. The lowest BCUT2D eigenvalue weighted by Gasteiger charge is -2.26. The number of hydrogen-bond donors (Lipinski definition) is 3. The lowest BCUT2D eigenvalue weighted by molar-refractivity contribution is -0.116. The highest BCUT2D eigenvalue weighted by Gasteiger charge is 2.24. The molecule has 0 saturated carbocycles. The largest absolute Gasteiger partial charge is 0.399 e. The van der Waals surface area contributed by atoms with Crippen molar-refractivity contribution in [2.75, 3.05) is 22.9 Å². The normalized spacial score (nSPS) is 16.4. The van der Waals surface area contributed by atoms with Crippen LogP contribution in [-0.4, -0.2) is 17.4 Å². The van der Waals surface area contributed by atoms with Gasteiger partial charge >= 0.3 is 0 Å². The molecule has 6 heteroatoms. The van der Waals surface area contributed by atoms with E-state index in [1.807, 2.05) is 24.3 Å². The van der Waals surface area contributed by atoms with Gasteiger partial charge in [0.15, 0.2) is 0 Å². The maximum Gasteiger partial charge on any atom is 0.225 e. The second kappa shape index (κ2) is 6.05. The van der Waals surface area contributed by atoms with E-state index in [1.54, 1.807) is 18.2 Å². The minimum Gasteiger partial charge on any atom is -0.399 e. The van der Waals surface area contributed by atoms with Crippen molar-refractivity contribution in [3.05, 3.63) is 60.0 Å². The Bertz CT molecular complexity index is 973. The van der Waals surface area contributed by atoms with E-state index in [2.05, 4.69) is 15.6 Å². The van der Waals surface area contributed by atoms with Gasteiger partial charge in [-0.2, -0.15) is 0 Å². The summed E-state index contributed by atoms with van der Waals surface area (Å²) in [4.78, 5) is 16.1. The topological polar surface area (TPSA) is 80.0 Å². The number of nitrogens with one attached hydrogen (secondary N) is 2. The number of anilines is 3. The van der Waals surface area contributed by atoms with Crippen molar-refractivity contribution in [3.63, 3.8) is 0 Å². The van der Waals surface area contributed by atoms with Crippen LogP contribution in [0.3, 0.4) is 0 Å². The number of halogens is 1. The zero-order chi connectivity index (χ0) is 17.4. The molecular formula is C19H17FN4O. The van der Waals surface area contributed by atoms with Gasteiger partial charge in [0.2, 0.25) is 5.91 Å². The standard InChI is InChI=1S/C19H17FN4O/c20-16-10-23-19(14-6-5-12(21)8-15(14)16)22-9-11-7-18(25)24-17-4-2-1-3-13(11)17/h1-6,8,10-11H,7,9,21H2,(H,22,23)(H,24,25). The number of pyridine rings is 1. The van der Waals surface area contributed by atoms with Gasteiger partial charge in [0.1, 0.15) is 11.6 Å². The highest BCUT2D eigenvalue weighted by molar-refractivity contribution is 5.95. The van der Waals surface area contributed by atoms with Crippen LogP contribution >= 0.6 is 0 Å². The molecule has 1 atom stereocenters. The smallest absolute Gasteiger partial charge is 0.225 e. The number of hydrogen-bond acceptors (Lipinski definition) is 4. The molecule has 3 aromatic rings. The lowest BCUT2D eigenvalue weighted by Crippen LogP contribution is -2.27. The van der Waals surface area contributed by atoms with E-state index in [4.69, 9.17) is 5.73 Å². The van der Waals surface area contributed by atoms with Gasteiger partial charge in [-0.3, -0.25) is 4.79 Å². The Morgan fingerprint density at radius 3 is 2.96 bits per heavy atom. The minimum atomic E-state index is -0.407. The molecule has 1 amide bonds. The molecule has 4 N–H and O–H groups in total. The summed E-state index contributed by atoms with van der Waals surface area (Å²) in [6, 6.07) is 12.8. The number of nitrogens with two attached hydrogens (primary N) is 1. The van der Waals surface area contributed by atoms with Gasteiger partial charge < -0.3 is 16.4 Å². The van der Waals surface area contributed by atoms with Crippen LogP contribution in [0.5, 0.6) is 0 Å². The third-order valence-corrected chi connectivity index (χ3v) is 4.49. The first kappa shape index (κ1) is 15.4. The average molecular weight is 336 g/mol. The second-order valence-electron chi connectivity index (χ2n) is 6.18. The summed E-state index contributed by atoms with van der Waals surface area (Å²) in [5.41, 5.74) is 8.18. The van der Waals surface area contributed by atoms with Crippen LogP contribution in [0.15, 0.2) is 48.7 Å². The number of para-hydroxylation sites is 1. The van der Waals surface area contributed by atoms with Gasteiger partial charge in [-0.1, -0.05) is 18.2 Å². The van der Waals surface area contributed by atoms with E-state index >= 15 is 0 Å². The first-order valence-electron chi connectivity index (χ1n) is 8.08. The molecule has 2 heterocycles. The van der Waals surface area contributed by atoms with Crippen LogP contribution in [-0.2, 0) is 4.79 Å². The van der Waals surface area contributed by atoms with Crippen LogP contribution in [0, 0.1) is 5.82 Å². The lowest BCUT2D eigenvalue weighted by atomic mass is 9.90. The van der Waals surface area contributed by atoms with E-state index in [-0.39, 0.29) is 11.8 Å². The third-order valence-electron chi connectivity index (χ3n) is 4.49. The zero-order valence-electron chi connectivity index (χ0n) is 13.4. The van der Waals surface area contributed by atoms with Crippen LogP contribution in [0.4, 0.5) is 21.6 Å². The molecule has 0 aliphatic carbocycles. The Morgan fingerprint density at radius 1 is 1.24 bits per heavy atom. The molecule has 0 bridgehead atoms. The predicted octanol–water partition coefficient (Wildman–Crippen LogP) is 3.49. The number of amides is 1. The number of carbonyl (C=O) groups excluding carboxylic acids is 1. The Kier molecular flexibility index (Phi) is 3.72. The number of rotatable bonds is 3. The van der Waals surface area contributed by atoms with Crippen molar-refractivity contribution in [1.82, 2.24) is 4.98 Å². The summed E-state index contributed by atoms with van der Waals surface area (Å²) in [7, 11) is 0. The maximum atomic E-state index is 14.0. The molecule has 1 unspecified atom stereocenters. The van der Waals surface area contributed by atoms with Crippen LogP contribution in [0.25, 0.3) is 10.8 Å². The molecule has 1 aliphatic heterocycles. The molecule has 1 aromatic heterocycles. The van der Waals surface area contributed by atoms with Gasteiger partial charge in [-0.05, 0) is 29.8 Å². The summed E-state index contributed by atoms with van der Waals surface area (Å²) in [6.45, 7) is 0.530.